The van der Waals surface area contributed by atoms with Crippen LogP contribution in [0.2, 0.25) is 0 Å². The average Bonchev–Trinajstić information content (AvgIpc) is 2.55. The summed E-state index contributed by atoms with van der Waals surface area (Å²) in [6.07, 6.45) is 3.33. The van der Waals surface area contributed by atoms with Crippen molar-refractivity contribution in [3.8, 4) is 5.88 Å². The minimum Gasteiger partial charge on any atom is -0.477 e. The minimum absolute atomic E-state index is 0.292. The molecule has 2 heterocycles. The van der Waals surface area contributed by atoms with Crippen molar-refractivity contribution in [1.82, 2.24) is 9.97 Å². The number of nitrogens with one attached hydrogen (secondary N) is 1. The number of carbonyl (C=O) groups is 1. The van der Waals surface area contributed by atoms with Gasteiger partial charge in [0.2, 0.25) is 5.88 Å². The molecule has 3 rings (SSSR count). The Hall–Kier alpha value is -2.95. The van der Waals surface area contributed by atoms with E-state index in [1.165, 1.54) is 0 Å². The molecule has 22 heavy (non-hydrogen) atoms. The average molecular weight is 293 g/mol. The molecule has 110 valence electrons. The maximum Gasteiger partial charge on any atom is 0.262 e. The zero-order chi connectivity index (χ0) is 15.4. The fraction of sp³-hybridized carbons (Fsp3) is 0.118. The Morgan fingerprint density at radius 2 is 1.95 bits per heavy atom. The highest BCUT2D eigenvalue weighted by atomic mass is 16.5. The van der Waals surface area contributed by atoms with Crippen LogP contribution in [0, 0.1) is 0 Å². The van der Waals surface area contributed by atoms with Crippen LogP contribution in [0.1, 0.15) is 17.3 Å². The van der Waals surface area contributed by atoms with Gasteiger partial charge in [-0.15, -0.1) is 0 Å². The third-order valence-corrected chi connectivity index (χ3v) is 3.17. The predicted octanol–water partition coefficient (Wildman–Crippen LogP) is 3.28. The normalized spacial score (nSPS) is 10.4. The van der Waals surface area contributed by atoms with Gasteiger partial charge >= 0.3 is 0 Å². The molecule has 1 amide bonds. The molecule has 0 fully saturated rings. The molecule has 0 radical (unpaired) electrons. The number of aromatic nitrogens is 2. The summed E-state index contributed by atoms with van der Waals surface area (Å²) in [6, 6.07) is 13.1. The zero-order valence-electron chi connectivity index (χ0n) is 12.1. The molecule has 0 spiro atoms. The summed E-state index contributed by atoms with van der Waals surface area (Å²) in [7, 11) is 0. The van der Waals surface area contributed by atoms with E-state index in [2.05, 4.69) is 15.3 Å². The number of fused-ring (bicyclic) bond motifs is 1. The van der Waals surface area contributed by atoms with Gasteiger partial charge in [0.25, 0.3) is 5.91 Å². The Kier molecular flexibility index (Phi) is 3.96. The van der Waals surface area contributed by atoms with Gasteiger partial charge in [-0.25, -0.2) is 9.97 Å². The summed E-state index contributed by atoms with van der Waals surface area (Å²) >= 11 is 0. The number of rotatable bonds is 4. The lowest BCUT2D eigenvalue weighted by atomic mass is 10.2. The quantitative estimate of drug-likeness (QED) is 0.801. The van der Waals surface area contributed by atoms with E-state index in [0.717, 1.165) is 10.8 Å². The van der Waals surface area contributed by atoms with Gasteiger partial charge in [0.1, 0.15) is 11.4 Å². The van der Waals surface area contributed by atoms with Crippen molar-refractivity contribution >= 4 is 22.5 Å². The number of anilines is 1. The molecule has 0 atom stereocenters. The van der Waals surface area contributed by atoms with Crippen molar-refractivity contribution in [3.63, 3.8) is 0 Å². The van der Waals surface area contributed by atoms with Crippen LogP contribution in [0.25, 0.3) is 10.8 Å². The summed E-state index contributed by atoms with van der Waals surface area (Å²) in [5.41, 5.74) is 0.388. The highest BCUT2D eigenvalue weighted by molar-refractivity contribution is 6.05. The lowest BCUT2D eigenvalue weighted by Gasteiger charge is -2.09. The molecule has 5 nitrogen and oxygen atoms in total. The van der Waals surface area contributed by atoms with Crippen molar-refractivity contribution < 1.29 is 9.53 Å². The maximum atomic E-state index is 12.4. The third-order valence-electron chi connectivity index (χ3n) is 3.17. The van der Waals surface area contributed by atoms with E-state index in [1.807, 2.05) is 37.3 Å². The summed E-state index contributed by atoms with van der Waals surface area (Å²) in [5, 5.41) is 4.82. The van der Waals surface area contributed by atoms with Crippen molar-refractivity contribution in [2.24, 2.45) is 0 Å². The fourth-order valence-corrected chi connectivity index (χ4v) is 2.15. The van der Waals surface area contributed by atoms with Crippen LogP contribution in [-0.4, -0.2) is 22.5 Å². The van der Waals surface area contributed by atoms with E-state index in [0.29, 0.717) is 23.9 Å². The van der Waals surface area contributed by atoms with Gasteiger partial charge in [-0.05, 0) is 30.5 Å². The first kappa shape index (κ1) is 14.0. The first-order valence-electron chi connectivity index (χ1n) is 7.02. The van der Waals surface area contributed by atoms with Gasteiger partial charge < -0.3 is 10.1 Å². The zero-order valence-corrected chi connectivity index (χ0v) is 12.1. The number of hydrogen-bond acceptors (Lipinski definition) is 4. The number of pyridine rings is 2. The summed E-state index contributed by atoms with van der Waals surface area (Å²) < 4.78 is 5.37. The lowest BCUT2D eigenvalue weighted by Crippen LogP contribution is -2.15. The number of ether oxygens (including phenoxy) is 1. The molecule has 0 aliphatic rings. The molecule has 1 N–H and O–H groups in total. The molecular formula is C17H15N3O2. The Morgan fingerprint density at radius 1 is 1.14 bits per heavy atom. The summed E-state index contributed by atoms with van der Waals surface area (Å²) in [5.74, 6) is 0.526. The highest BCUT2D eigenvalue weighted by Gasteiger charge is 2.14. The Labute approximate surface area is 128 Å². The second-order valence-electron chi connectivity index (χ2n) is 4.66. The summed E-state index contributed by atoms with van der Waals surface area (Å²) in [4.78, 5) is 20.7. The molecule has 0 aliphatic heterocycles. The van der Waals surface area contributed by atoms with Crippen molar-refractivity contribution in [1.29, 1.82) is 0 Å². The molecule has 0 aliphatic carbocycles. The molecule has 3 aromatic rings. The van der Waals surface area contributed by atoms with Gasteiger partial charge in [-0.1, -0.05) is 24.3 Å². The van der Waals surface area contributed by atoms with E-state index < -0.39 is 0 Å². The second kappa shape index (κ2) is 6.22. The summed E-state index contributed by atoms with van der Waals surface area (Å²) in [6.45, 7) is 2.30. The van der Waals surface area contributed by atoms with Crippen LogP contribution < -0.4 is 10.1 Å². The van der Waals surface area contributed by atoms with Gasteiger partial charge in [-0.3, -0.25) is 4.79 Å². The maximum absolute atomic E-state index is 12.4. The lowest BCUT2D eigenvalue weighted by molar-refractivity contribution is 0.102. The van der Waals surface area contributed by atoms with Crippen LogP contribution in [-0.2, 0) is 0 Å². The number of benzene rings is 1. The molecule has 0 saturated carbocycles. The third kappa shape index (κ3) is 2.88. The standard InChI is InChI=1S/C17H15N3O2/c1-2-22-17-14(8-5-9-18-17)16(21)20-15-10-12-6-3-4-7-13(12)11-19-15/h3-11H,2H2,1H3,(H,19,20,21). The topological polar surface area (TPSA) is 64.1 Å². The van der Waals surface area contributed by atoms with E-state index in [1.54, 1.807) is 24.5 Å². The van der Waals surface area contributed by atoms with Crippen molar-refractivity contribution in [2.45, 2.75) is 6.92 Å². The van der Waals surface area contributed by atoms with Crippen LogP contribution in [0.3, 0.4) is 0 Å². The minimum atomic E-state index is -0.292. The largest absolute Gasteiger partial charge is 0.477 e. The number of hydrogen-bond donors (Lipinski definition) is 1. The first-order chi connectivity index (χ1) is 10.8. The van der Waals surface area contributed by atoms with E-state index in [-0.39, 0.29) is 5.91 Å². The number of amides is 1. The highest BCUT2D eigenvalue weighted by Crippen LogP contribution is 2.19. The fourth-order valence-electron chi connectivity index (χ4n) is 2.15. The van der Waals surface area contributed by atoms with Crippen LogP contribution in [0.15, 0.2) is 54.9 Å². The van der Waals surface area contributed by atoms with Gasteiger partial charge in [0, 0.05) is 17.8 Å². The van der Waals surface area contributed by atoms with Gasteiger partial charge in [0.15, 0.2) is 0 Å². The smallest absolute Gasteiger partial charge is 0.262 e. The Morgan fingerprint density at radius 3 is 2.77 bits per heavy atom. The van der Waals surface area contributed by atoms with Gasteiger partial charge in [-0.2, -0.15) is 0 Å². The van der Waals surface area contributed by atoms with E-state index in [9.17, 15) is 4.79 Å². The Bertz CT molecular complexity index is 818. The molecule has 1 aromatic carbocycles. The van der Waals surface area contributed by atoms with Crippen molar-refractivity contribution in [2.75, 3.05) is 11.9 Å². The van der Waals surface area contributed by atoms with Gasteiger partial charge in [0.05, 0.1) is 6.61 Å². The van der Waals surface area contributed by atoms with E-state index in [4.69, 9.17) is 4.74 Å². The predicted molar refractivity (Wildman–Crippen MR) is 85.1 cm³/mol. The molecule has 2 aromatic heterocycles. The Balaban J connectivity index is 1.86. The van der Waals surface area contributed by atoms with Crippen molar-refractivity contribution in [3.05, 3.63) is 60.4 Å². The van der Waals surface area contributed by atoms with Crippen LogP contribution in [0.5, 0.6) is 5.88 Å². The number of carbonyl (C=O) groups excluding carboxylic acids is 1. The van der Waals surface area contributed by atoms with Crippen LogP contribution >= 0.6 is 0 Å². The molecule has 0 unspecified atom stereocenters. The first-order valence-corrected chi connectivity index (χ1v) is 7.02. The molecule has 0 bridgehead atoms. The second-order valence-corrected chi connectivity index (χ2v) is 4.66. The molecule has 5 heteroatoms. The van der Waals surface area contributed by atoms with E-state index >= 15 is 0 Å². The molecule has 0 saturated heterocycles. The SMILES string of the molecule is CCOc1ncccc1C(=O)Nc1cc2ccccc2cn1. The van der Waals surface area contributed by atoms with Crippen LogP contribution in [0.4, 0.5) is 5.82 Å². The molecular weight excluding hydrogens is 278 g/mol. The number of nitrogens with zero attached hydrogens (tertiary/aromatic N) is 2. The monoisotopic (exact) mass is 293 g/mol.